The minimum Gasteiger partial charge on any atom is -0.355 e. The lowest BCUT2D eigenvalue weighted by Crippen LogP contribution is -2.48. The van der Waals surface area contributed by atoms with Gasteiger partial charge in [0.25, 0.3) is 5.91 Å². The van der Waals surface area contributed by atoms with Crippen molar-refractivity contribution in [3.63, 3.8) is 0 Å². The van der Waals surface area contributed by atoms with Gasteiger partial charge in [0, 0.05) is 49.4 Å². The Balaban J connectivity index is 1.37. The van der Waals surface area contributed by atoms with Crippen LogP contribution in [0.15, 0.2) is 53.1 Å². The van der Waals surface area contributed by atoms with Gasteiger partial charge in [-0.1, -0.05) is 58.2 Å². The topological polar surface area (TPSA) is 49.6 Å². The Morgan fingerprint density at radius 1 is 1.03 bits per heavy atom. The Hall–Kier alpha value is -2.34. The van der Waals surface area contributed by atoms with Crippen LogP contribution in [0.3, 0.4) is 0 Å². The van der Waals surface area contributed by atoms with Crippen LogP contribution in [0, 0.1) is 6.92 Å². The zero-order valence-corrected chi connectivity index (χ0v) is 17.6. The first-order valence-corrected chi connectivity index (χ1v) is 10.2. The van der Waals surface area contributed by atoms with E-state index in [2.05, 4.69) is 41.2 Å². The summed E-state index contributed by atoms with van der Waals surface area (Å²) in [4.78, 5) is 17.0. The van der Waals surface area contributed by atoms with E-state index in [0.717, 1.165) is 19.6 Å². The molecule has 0 saturated carbocycles. The first kappa shape index (κ1) is 20.0. The predicted octanol–water partition coefficient (Wildman–Crippen LogP) is 4.91. The van der Waals surface area contributed by atoms with E-state index in [4.69, 9.17) is 27.7 Å². The van der Waals surface area contributed by atoms with Crippen LogP contribution >= 0.6 is 23.2 Å². The van der Waals surface area contributed by atoms with Crippen LogP contribution < -0.4 is 0 Å². The SMILES string of the molecule is Cc1ccc(CN2CCN(C(=O)c3cc(-c4ccc(Cl)cc4Cl)on3)CC2)cc1. The average Bonchev–Trinajstić information content (AvgIpc) is 3.20. The first-order valence-electron chi connectivity index (χ1n) is 9.49. The Kier molecular flexibility index (Phi) is 5.90. The molecule has 29 heavy (non-hydrogen) atoms. The van der Waals surface area contributed by atoms with Gasteiger partial charge in [0.2, 0.25) is 0 Å². The van der Waals surface area contributed by atoms with E-state index in [9.17, 15) is 4.79 Å². The summed E-state index contributed by atoms with van der Waals surface area (Å²) in [5.41, 5.74) is 3.50. The monoisotopic (exact) mass is 429 g/mol. The van der Waals surface area contributed by atoms with Gasteiger partial charge in [-0.3, -0.25) is 9.69 Å². The number of rotatable bonds is 4. The number of carbonyl (C=O) groups excluding carboxylic acids is 1. The van der Waals surface area contributed by atoms with Crippen molar-refractivity contribution in [3.8, 4) is 11.3 Å². The third-order valence-electron chi connectivity index (χ3n) is 5.11. The quantitative estimate of drug-likeness (QED) is 0.590. The summed E-state index contributed by atoms with van der Waals surface area (Å²) in [6.07, 6.45) is 0. The molecular formula is C22H21Cl2N3O2. The normalized spacial score (nSPS) is 14.9. The molecule has 2 heterocycles. The second-order valence-electron chi connectivity index (χ2n) is 7.25. The highest BCUT2D eigenvalue weighted by molar-refractivity contribution is 6.36. The highest BCUT2D eigenvalue weighted by Crippen LogP contribution is 2.31. The minimum absolute atomic E-state index is 0.125. The van der Waals surface area contributed by atoms with Crippen LogP contribution in [0.25, 0.3) is 11.3 Å². The third kappa shape index (κ3) is 4.64. The second kappa shape index (κ2) is 8.57. The maximum absolute atomic E-state index is 12.8. The highest BCUT2D eigenvalue weighted by atomic mass is 35.5. The number of aryl methyl sites for hydroxylation is 1. The van der Waals surface area contributed by atoms with E-state index >= 15 is 0 Å². The summed E-state index contributed by atoms with van der Waals surface area (Å²) in [5, 5.41) is 4.95. The van der Waals surface area contributed by atoms with E-state index in [0.29, 0.717) is 34.5 Å². The van der Waals surface area contributed by atoms with Crippen molar-refractivity contribution >= 4 is 29.1 Å². The van der Waals surface area contributed by atoms with Crippen LogP contribution in [0.4, 0.5) is 0 Å². The van der Waals surface area contributed by atoms with Crippen molar-refractivity contribution in [1.29, 1.82) is 0 Å². The van der Waals surface area contributed by atoms with Gasteiger partial charge in [-0.15, -0.1) is 0 Å². The molecule has 7 heteroatoms. The summed E-state index contributed by atoms with van der Waals surface area (Å²) in [6.45, 7) is 5.96. The summed E-state index contributed by atoms with van der Waals surface area (Å²) in [6, 6.07) is 15.3. The van der Waals surface area contributed by atoms with Crippen molar-refractivity contribution < 1.29 is 9.32 Å². The number of hydrogen-bond acceptors (Lipinski definition) is 4. The maximum atomic E-state index is 12.8. The lowest BCUT2D eigenvalue weighted by molar-refractivity contribution is 0.0618. The van der Waals surface area contributed by atoms with Crippen molar-refractivity contribution in [2.45, 2.75) is 13.5 Å². The van der Waals surface area contributed by atoms with Gasteiger partial charge >= 0.3 is 0 Å². The zero-order valence-electron chi connectivity index (χ0n) is 16.1. The number of hydrogen-bond donors (Lipinski definition) is 0. The molecule has 1 saturated heterocycles. The van der Waals surface area contributed by atoms with Crippen LogP contribution in [0.1, 0.15) is 21.6 Å². The standard InChI is InChI=1S/C22H21Cl2N3O2/c1-15-2-4-16(5-3-15)14-26-8-10-27(11-9-26)22(28)20-13-21(29-25-20)18-7-6-17(23)12-19(18)24/h2-7,12-13H,8-11,14H2,1H3. The number of carbonyl (C=O) groups is 1. The van der Waals surface area contributed by atoms with Crippen LogP contribution in [-0.2, 0) is 6.54 Å². The smallest absolute Gasteiger partial charge is 0.276 e. The number of halogens is 2. The Morgan fingerprint density at radius 2 is 1.76 bits per heavy atom. The number of amides is 1. The van der Waals surface area contributed by atoms with E-state index in [-0.39, 0.29) is 11.6 Å². The number of nitrogens with zero attached hydrogens (tertiary/aromatic N) is 3. The molecule has 150 valence electrons. The van der Waals surface area contributed by atoms with Gasteiger partial charge in [-0.25, -0.2) is 0 Å². The second-order valence-corrected chi connectivity index (χ2v) is 8.10. The summed E-state index contributed by atoms with van der Waals surface area (Å²) >= 11 is 12.2. The van der Waals surface area contributed by atoms with E-state index in [1.165, 1.54) is 11.1 Å². The molecule has 0 spiro atoms. The molecule has 3 aromatic rings. The Labute approximate surface area is 179 Å². The van der Waals surface area contributed by atoms with Crippen LogP contribution in [0.5, 0.6) is 0 Å². The molecule has 1 aromatic heterocycles. The molecule has 1 fully saturated rings. The molecule has 1 amide bonds. The molecule has 1 aliphatic heterocycles. The molecule has 0 bridgehead atoms. The third-order valence-corrected chi connectivity index (χ3v) is 5.66. The van der Waals surface area contributed by atoms with Crippen LogP contribution in [0.2, 0.25) is 10.0 Å². The summed E-state index contributed by atoms with van der Waals surface area (Å²) in [7, 11) is 0. The van der Waals surface area contributed by atoms with Gasteiger partial charge in [0.1, 0.15) is 0 Å². The van der Waals surface area contributed by atoms with E-state index in [1.54, 1.807) is 24.3 Å². The molecule has 2 aromatic carbocycles. The number of benzene rings is 2. The van der Waals surface area contributed by atoms with Crippen LogP contribution in [-0.4, -0.2) is 47.0 Å². The fraction of sp³-hybridized carbons (Fsp3) is 0.273. The Bertz CT molecular complexity index is 1010. The van der Waals surface area contributed by atoms with Crippen molar-refractivity contribution in [2.75, 3.05) is 26.2 Å². The van der Waals surface area contributed by atoms with Crippen molar-refractivity contribution in [3.05, 3.63) is 75.4 Å². The molecule has 4 rings (SSSR count). The summed E-state index contributed by atoms with van der Waals surface area (Å²) < 4.78 is 5.36. The van der Waals surface area contributed by atoms with E-state index < -0.39 is 0 Å². The van der Waals surface area contributed by atoms with E-state index in [1.807, 2.05) is 4.90 Å². The molecule has 0 aliphatic carbocycles. The Morgan fingerprint density at radius 3 is 2.45 bits per heavy atom. The maximum Gasteiger partial charge on any atom is 0.276 e. The van der Waals surface area contributed by atoms with Crippen molar-refractivity contribution in [2.24, 2.45) is 0 Å². The summed E-state index contributed by atoms with van der Waals surface area (Å²) in [5.74, 6) is 0.327. The number of aromatic nitrogens is 1. The van der Waals surface area contributed by atoms with Gasteiger partial charge < -0.3 is 9.42 Å². The molecule has 0 radical (unpaired) electrons. The molecule has 5 nitrogen and oxygen atoms in total. The molecule has 0 atom stereocenters. The highest BCUT2D eigenvalue weighted by Gasteiger charge is 2.25. The molecule has 1 aliphatic rings. The molecule has 0 N–H and O–H groups in total. The fourth-order valence-corrected chi connectivity index (χ4v) is 3.92. The first-order chi connectivity index (χ1) is 14.0. The lowest BCUT2D eigenvalue weighted by Gasteiger charge is -2.34. The lowest BCUT2D eigenvalue weighted by atomic mass is 10.1. The molecule has 0 unspecified atom stereocenters. The zero-order chi connectivity index (χ0) is 20.4. The van der Waals surface area contributed by atoms with Gasteiger partial charge in [0.05, 0.1) is 5.02 Å². The molecular weight excluding hydrogens is 409 g/mol. The van der Waals surface area contributed by atoms with Gasteiger partial charge in [-0.2, -0.15) is 0 Å². The fourth-order valence-electron chi connectivity index (χ4n) is 3.42. The number of piperazine rings is 1. The van der Waals surface area contributed by atoms with Crippen molar-refractivity contribution in [1.82, 2.24) is 15.0 Å². The largest absolute Gasteiger partial charge is 0.355 e. The average molecular weight is 430 g/mol. The predicted molar refractivity (Wildman–Crippen MR) is 114 cm³/mol. The minimum atomic E-state index is -0.125. The van der Waals surface area contributed by atoms with Gasteiger partial charge in [0.15, 0.2) is 11.5 Å². The van der Waals surface area contributed by atoms with Gasteiger partial charge in [-0.05, 0) is 30.7 Å².